The molecular weight excluding hydrogens is 620 g/mol. The van der Waals surface area contributed by atoms with Crippen molar-refractivity contribution < 1.29 is 39.3 Å². The highest BCUT2D eigenvalue weighted by atomic mass is 16.4. The predicted molar refractivity (Wildman–Crippen MR) is 179 cm³/mol. The molecule has 1 atom stereocenters. The summed E-state index contributed by atoms with van der Waals surface area (Å²) in [5, 5.41) is 34.0. The topological polar surface area (TPSA) is 183 Å². The molecule has 2 aromatic rings. The number of carbonyl (C=O) groups excluding carboxylic acids is 2. The van der Waals surface area contributed by atoms with E-state index in [1.54, 1.807) is 26.8 Å². The largest absolute Gasteiger partial charge is 0.480 e. The third-order valence-electron chi connectivity index (χ3n) is 7.96. The molecule has 0 saturated carbocycles. The van der Waals surface area contributed by atoms with E-state index in [1.807, 2.05) is 56.3 Å². The first-order chi connectivity index (χ1) is 22.9. The van der Waals surface area contributed by atoms with E-state index in [1.165, 1.54) is 0 Å². The number of carboxylic acids is 3. The van der Waals surface area contributed by atoms with Crippen molar-refractivity contribution >= 4 is 29.7 Å². The van der Waals surface area contributed by atoms with Gasteiger partial charge in [0.2, 0.25) is 5.91 Å². The number of benzene rings is 2. The third-order valence-corrected chi connectivity index (χ3v) is 7.96. The van der Waals surface area contributed by atoms with Crippen LogP contribution in [0.5, 0.6) is 0 Å². The number of nitrogens with one attached hydrogen (secondary N) is 2. The number of amides is 2. The normalized spacial score (nSPS) is 16.7. The van der Waals surface area contributed by atoms with Crippen molar-refractivity contribution in [2.45, 2.75) is 38.9 Å². The number of carbonyl (C=O) groups is 5. The van der Waals surface area contributed by atoms with Gasteiger partial charge in [0.15, 0.2) is 0 Å². The molecule has 14 heteroatoms. The van der Waals surface area contributed by atoms with E-state index in [0.717, 1.165) is 11.1 Å². The van der Waals surface area contributed by atoms with Gasteiger partial charge in [-0.2, -0.15) is 0 Å². The van der Waals surface area contributed by atoms with Crippen molar-refractivity contribution in [1.82, 2.24) is 30.2 Å². The average Bonchev–Trinajstić information content (AvgIpc) is 3.01. The summed E-state index contributed by atoms with van der Waals surface area (Å²) >= 11 is 0. The first-order valence-corrected chi connectivity index (χ1v) is 16.2. The first-order valence-electron chi connectivity index (χ1n) is 16.2. The van der Waals surface area contributed by atoms with Gasteiger partial charge in [-0.1, -0.05) is 42.5 Å². The fraction of sp³-hybridized carbons (Fsp3) is 0.500. The van der Waals surface area contributed by atoms with E-state index in [4.69, 9.17) is 0 Å². The highest BCUT2D eigenvalue weighted by molar-refractivity contribution is 5.97. The van der Waals surface area contributed by atoms with Crippen molar-refractivity contribution in [3.8, 4) is 0 Å². The summed E-state index contributed by atoms with van der Waals surface area (Å²) < 4.78 is 0. The maximum Gasteiger partial charge on any atom is 0.317 e. The molecule has 2 aromatic carbocycles. The smallest absolute Gasteiger partial charge is 0.317 e. The lowest BCUT2D eigenvalue weighted by molar-refractivity contribution is -0.140. The molecule has 1 heterocycles. The highest BCUT2D eigenvalue weighted by Crippen LogP contribution is 2.11. The Bertz CT molecular complexity index is 1330. The Labute approximate surface area is 281 Å². The summed E-state index contributed by atoms with van der Waals surface area (Å²) in [5.41, 5.74) is 2.22. The van der Waals surface area contributed by atoms with Crippen LogP contribution in [0.3, 0.4) is 0 Å². The fourth-order valence-electron chi connectivity index (χ4n) is 5.49. The lowest BCUT2D eigenvalue weighted by Gasteiger charge is -2.33. The van der Waals surface area contributed by atoms with Gasteiger partial charge in [0, 0.05) is 76.9 Å². The van der Waals surface area contributed by atoms with Gasteiger partial charge in [0.05, 0.1) is 19.6 Å². The minimum atomic E-state index is -1.00. The number of hydrogen-bond donors (Lipinski definition) is 5. The molecule has 1 saturated heterocycles. The van der Waals surface area contributed by atoms with Crippen LogP contribution >= 0.6 is 0 Å². The van der Waals surface area contributed by atoms with Crippen LogP contribution in [0, 0.1) is 0 Å². The van der Waals surface area contributed by atoms with E-state index in [2.05, 4.69) is 15.5 Å². The zero-order valence-corrected chi connectivity index (χ0v) is 27.7. The number of hydrogen-bond acceptors (Lipinski definition) is 9. The molecule has 2 amide bonds. The van der Waals surface area contributed by atoms with Crippen LogP contribution in [0.1, 0.15) is 35.3 Å². The predicted octanol–water partition coefficient (Wildman–Crippen LogP) is 0.528. The van der Waals surface area contributed by atoms with E-state index in [0.29, 0.717) is 70.9 Å². The Morgan fingerprint density at radius 2 is 1.04 bits per heavy atom. The van der Waals surface area contributed by atoms with E-state index < -0.39 is 23.9 Å². The minimum Gasteiger partial charge on any atom is -0.480 e. The molecule has 1 aliphatic rings. The summed E-state index contributed by atoms with van der Waals surface area (Å²) in [6.07, 6.45) is 0.341. The van der Waals surface area contributed by atoms with Crippen LogP contribution in [0.2, 0.25) is 0 Å². The minimum absolute atomic E-state index is 0.0863. The number of aliphatic carboxylic acids is 3. The molecule has 3 rings (SSSR count). The standard InChI is InChI=1S/C34H48N6O8/c1-25(2)35-34(48)29(20-26-6-4-3-5-7-26)36-33(47)28-10-8-27(9-11-28)21-37-12-14-38(22-30(41)42)16-18-40(24-32(45)46)19-17-39(15-13-37)23-31(43)44/h3-11,25,29H,12-24H2,1-2H3,(H,35,48)(H,36,47)(H,41,42)(H,43,44)(H,45,46). The Balaban J connectivity index is 1.72. The molecule has 0 aromatic heterocycles. The molecule has 1 fully saturated rings. The summed E-state index contributed by atoms with van der Waals surface area (Å²) in [6, 6.07) is 15.7. The zero-order chi connectivity index (χ0) is 35.1. The Kier molecular flexibility index (Phi) is 15.4. The summed E-state index contributed by atoms with van der Waals surface area (Å²) in [5.74, 6) is -3.61. The van der Waals surface area contributed by atoms with E-state index >= 15 is 0 Å². The lowest BCUT2D eigenvalue weighted by Crippen LogP contribution is -2.49. The van der Waals surface area contributed by atoms with E-state index in [9.17, 15) is 39.3 Å². The van der Waals surface area contributed by atoms with Gasteiger partial charge in [0.25, 0.3) is 5.91 Å². The van der Waals surface area contributed by atoms with Gasteiger partial charge >= 0.3 is 17.9 Å². The first kappa shape index (κ1) is 38.1. The van der Waals surface area contributed by atoms with Gasteiger partial charge < -0.3 is 26.0 Å². The number of rotatable bonds is 14. The van der Waals surface area contributed by atoms with Crippen LogP contribution in [0.4, 0.5) is 0 Å². The van der Waals surface area contributed by atoms with Gasteiger partial charge in [-0.15, -0.1) is 0 Å². The van der Waals surface area contributed by atoms with Crippen molar-refractivity contribution in [2.75, 3.05) is 72.0 Å². The zero-order valence-electron chi connectivity index (χ0n) is 27.7. The molecule has 1 aliphatic heterocycles. The van der Waals surface area contributed by atoms with Crippen LogP contribution in [-0.4, -0.2) is 149 Å². The molecule has 5 N–H and O–H groups in total. The van der Waals surface area contributed by atoms with Crippen LogP contribution in [-0.2, 0) is 32.1 Å². The molecule has 262 valence electrons. The monoisotopic (exact) mass is 668 g/mol. The Hall–Kier alpha value is -4.37. The molecular formula is C34H48N6O8. The lowest BCUT2D eigenvalue weighted by atomic mass is 10.0. The number of carboxylic acid groups (broad SMARTS) is 3. The maximum absolute atomic E-state index is 13.2. The second-order valence-electron chi connectivity index (χ2n) is 12.4. The molecule has 0 bridgehead atoms. The van der Waals surface area contributed by atoms with Crippen LogP contribution in [0.25, 0.3) is 0 Å². The van der Waals surface area contributed by atoms with Crippen LogP contribution < -0.4 is 10.6 Å². The van der Waals surface area contributed by atoms with Crippen LogP contribution in [0.15, 0.2) is 54.6 Å². The second kappa shape index (κ2) is 19.5. The van der Waals surface area contributed by atoms with Crippen molar-refractivity contribution in [3.05, 3.63) is 71.3 Å². The molecule has 0 radical (unpaired) electrons. The molecule has 48 heavy (non-hydrogen) atoms. The van der Waals surface area contributed by atoms with Crippen molar-refractivity contribution in [2.24, 2.45) is 0 Å². The molecule has 0 aliphatic carbocycles. The fourth-order valence-corrected chi connectivity index (χ4v) is 5.49. The van der Waals surface area contributed by atoms with Crippen molar-refractivity contribution in [3.63, 3.8) is 0 Å². The second-order valence-corrected chi connectivity index (χ2v) is 12.4. The number of nitrogens with zero attached hydrogens (tertiary/aromatic N) is 4. The van der Waals surface area contributed by atoms with Gasteiger partial charge in [-0.3, -0.25) is 43.6 Å². The summed E-state index contributed by atoms with van der Waals surface area (Å²) in [6.45, 7) is 6.74. The van der Waals surface area contributed by atoms with Gasteiger partial charge in [-0.05, 0) is 37.1 Å². The quantitative estimate of drug-likeness (QED) is 0.189. The summed E-state index contributed by atoms with van der Waals surface area (Å²) in [4.78, 5) is 68.1. The van der Waals surface area contributed by atoms with Crippen molar-refractivity contribution in [1.29, 1.82) is 0 Å². The summed E-state index contributed by atoms with van der Waals surface area (Å²) in [7, 11) is 0. The Morgan fingerprint density at radius 1 is 0.604 bits per heavy atom. The van der Waals surface area contributed by atoms with E-state index in [-0.39, 0.29) is 37.5 Å². The highest BCUT2D eigenvalue weighted by Gasteiger charge is 2.23. The molecule has 0 spiro atoms. The maximum atomic E-state index is 13.2. The molecule has 14 nitrogen and oxygen atoms in total. The van der Waals surface area contributed by atoms with Gasteiger partial charge in [-0.25, -0.2) is 0 Å². The average molecular weight is 669 g/mol. The SMILES string of the molecule is CC(C)NC(=O)C(Cc1ccccc1)NC(=O)c1ccc(CN2CCN(CC(=O)O)CCN(CC(=O)O)CCN(CC(=O)O)CC2)cc1. The molecule has 1 unspecified atom stereocenters. The van der Waals surface area contributed by atoms with Gasteiger partial charge in [0.1, 0.15) is 6.04 Å². The Morgan fingerprint density at radius 3 is 1.46 bits per heavy atom. The third kappa shape index (κ3) is 14.2.